The van der Waals surface area contributed by atoms with Gasteiger partial charge in [0.1, 0.15) is 6.04 Å². The number of aliphatic carboxylic acids is 1. The van der Waals surface area contributed by atoms with Gasteiger partial charge in [0.2, 0.25) is 0 Å². The van der Waals surface area contributed by atoms with Crippen LogP contribution in [-0.4, -0.2) is 52.6 Å². The van der Waals surface area contributed by atoms with Crippen molar-refractivity contribution in [3.05, 3.63) is 0 Å². The molecule has 1 rings (SSSR count). The van der Waals surface area contributed by atoms with Crippen molar-refractivity contribution < 1.29 is 14.7 Å². The van der Waals surface area contributed by atoms with Gasteiger partial charge in [-0.05, 0) is 12.8 Å². The van der Waals surface area contributed by atoms with E-state index < -0.39 is 12.0 Å². The van der Waals surface area contributed by atoms with E-state index in [0.717, 1.165) is 25.0 Å². The van der Waals surface area contributed by atoms with Crippen molar-refractivity contribution in [1.29, 1.82) is 0 Å². The van der Waals surface area contributed by atoms with Crippen molar-refractivity contribution in [1.82, 2.24) is 10.2 Å². The third-order valence-electron chi connectivity index (χ3n) is 3.01. The molecule has 2 N–H and O–H groups in total. The van der Waals surface area contributed by atoms with Crippen molar-refractivity contribution in [2.75, 3.05) is 24.6 Å². The molecule has 0 radical (unpaired) electrons. The van der Waals surface area contributed by atoms with Gasteiger partial charge >= 0.3 is 12.0 Å². The SMILES string of the molecule is C#CCSCCNC(=O)N1CCCCCC1C(=O)O. The van der Waals surface area contributed by atoms with Gasteiger partial charge in [0.25, 0.3) is 0 Å². The predicted octanol–water partition coefficient (Wildman–Crippen LogP) is 1.39. The fourth-order valence-corrected chi connectivity index (χ4v) is 2.58. The zero-order valence-electron chi connectivity index (χ0n) is 10.9. The van der Waals surface area contributed by atoms with Gasteiger partial charge in [-0.1, -0.05) is 18.8 Å². The summed E-state index contributed by atoms with van der Waals surface area (Å²) in [7, 11) is 0. The van der Waals surface area contributed by atoms with E-state index in [0.29, 0.717) is 25.3 Å². The van der Waals surface area contributed by atoms with Gasteiger partial charge < -0.3 is 15.3 Å². The number of nitrogens with one attached hydrogen (secondary N) is 1. The molecule has 2 amide bonds. The first-order chi connectivity index (χ1) is 9.16. The average Bonchev–Trinajstić information content (AvgIpc) is 2.63. The number of carboxylic acids is 1. The molecule has 106 valence electrons. The summed E-state index contributed by atoms with van der Waals surface area (Å²) in [5, 5.41) is 11.9. The summed E-state index contributed by atoms with van der Waals surface area (Å²) in [6, 6.07) is -0.975. The lowest BCUT2D eigenvalue weighted by Gasteiger charge is -2.27. The summed E-state index contributed by atoms with van der Waals surface area (Å²) in [6.07, 6.45) is 8.36. The van der Waals surface area contributed by atoms with Crippen LogP contribution in [0, 0.1) is 12.3 Å². The quantitative estimate of drug-likeness (QED) is 0.591. The van der Waals surface area contributed by atoms with Gasteiger partial charge in [0, 0.05) is 18.8 Å². The molecule has 0 aromatic carbocycles. The van der Waals surface area contributed by atoms with Crippen LogP contribution in [0.1, 0.15) is 25.7 Å². The van der Waals surface area contributed by atoms with Crippen molar-refractivity contribution in [3.63, 3.8) is 0 Å². The number of hydrogen-bond donors (Lipinski definition) is 2. The van der Waals surface area contributed by atoms with E-state index in [1.807, 2.05) is 0 Å². The number of carboxylic acid groups (broad SMARTS) is 1. The summed E-state index contributed by atoms with van der Waals surface area (Å²) in [5.41, 5.74) is 0. The Balaban J connectivity index is 2.43. The van der Waals surface area contributed by atoms with E-state index in [2.05, 4.69) is 11.2 Å². The fourth-order valence-electron chi connectivity index (χ4n) is 2.07. The number of carbonyl (C=O) groups excluding carboxylic acids is 1. The van der Waals surface area contributed by atoms with Crippen LogP contribution in [0.4, 0.5) is 4.79 Å². The largest absolute Gasteiger partial charge is 0.480 e. The Bertz CT molecular complexity index is 354. The molecule has 0 bridgehead atoms. The van der Waals surface area contributed by atoms with Crippen LogP contribution < -0.4 is 5.32 Å². The van der Waals surface area contributed by atoms with E-state index in [9.17, 15) is 14.7 Å². The lowest BCUT2D eigenvalue weighted by molar-refractivity contribution is -0.142. The topological polar surface area (TPSA) is 69.6 Å². The average molecular weight is 284 g/mol. The first-order valence-corrected chi connectivity index (χ1v) is 7.60. The maximum atomic E-state index is 12.0. The molecule has 1 aliphatic rings. The zero-order valence-corrected chi connectivity index (χ0v) is 11.7. The van der Waals surface area contributed by atoms with E-state index in [4.69, 9.17) is 6.42 Å². The van der Waals surface area contributed by atoms with E-state index in [1.54, 1.807) is 11.8 Å². The second-order valence-electron chi connectivity index (χ2n) is 4.39. The Morgan fingerprint density at radius 1 is 1.42 bits per heavy atom. The molecule has 0 aromatic rings. The molecular formula is C13H20N2O3S. The predicted molar refractivity (Wildman–Crippen MR) is 76.2 cm³/mol. The highest BCUT2D eigenvalue weighted by Gasteiger charge is 2.30. The Morgan fingerprint density at radius 3 is 2.89 bits per heavy atom. The molecule has 0 saturated carbocycles. The highest BCUT2D eigenvalue weighted by Crippen LogP contribution is 2.17. The Kier molecular flexibility index (Phi) is 7.19. The minimum absolute atomic E-state index is 0.282. The summed E-state index contributed by atoms with van der Waals surface area (Å²) in [4.78, 5) is 24.6. The number of carbonyl (C=O) groups is 2. The van der Waals surface area contributed by atoms with Gasteiger partial charge in [0.05, 0.1) is 5.75 Å². The summed E-state index contributed by atoms with van der Waals surface area (Å²) >= 11 is 1.57. The molecular weight excluding hydrogens is 264 g/mol. The fraction of sp³-hybridized carbons (Fsp3) is 0.692. The molecule has 1 aliphatic heterocycles. The number of rotatable bonds is 5. The minimum atomic E-state index is -0.918. The lowest BCUT2D eigenvalue weighted by atomic mass is 10.1. The van der Waals surface area contributed by atoms with Crippen LogP contribution in [0.3, 0.4) is 0 Å². The summed E-state index contributed by atoms with van der Waals surface area (Å²) in [6.45, 7) is 1.02. The Morgan fingerprint density at radius 2 is 2.21 bits per heavy atom. The van der Waals surface area contributed by atoms with Crippen LogP contribution in [-0.2, 0) is 4.79 Å². The lowest BCUT2D eigenvalue weighted by Crippen LogP contribution is -2.49. The van der Waals surface area contributed by atoms with Gasteiger partial charge in [-0.2, -0.15) is 0 Å². The maximum Gasteiger partial charge on any atom is 0.326 e. The smallest absolute Gasteiger partial charge is 0.326 e. The van der Waals surface area contributed by atoms with Crippen LogP contribution in [0.2, 0.25) is 0 Å². The van der Waals surface area contributed by atoms with Crippen LogP contribution >= 0.6 is 11.8 Å². The highest BCUT2D eigenvalue weighted by molar-refractivity contribution is 7.99. The van der Waals surface area contributed by atoms with E-state index >= 15 is 0 Å². The molecule has 0 aromatic heterocycles. The standard InChI is InChI=1S/C13H20N2O3S/c1-2-9-19-10-7-14-13(18)15-8-5-3-4-6-11(15)12(16)17/h1,11H,3-10H2,(H,14,18)(H,16,17). The highest BCUT2D eigenvalue weighted by atomic mass is 32.2. The second-order valence-corrected chi connectivity index (χ2v) is 5.49. The van der Waals surface area contributed by atoms with Gasteiger partial charge in [0.15, 0.2) is 0 Å². The first-order valence-electron chi connectivity index (χ1n) is 6.45. The second kappa shape index (κ2) is 8.70. The third kappa shape index (κ3) is 5.43. The molecule has 6 heteroatoms. The zero-order chi connectivity index (χ0) is 14.1. The Hall–Kier alpha value is -1.35. The Labute approximate surface area is 118 Å². The molecule has 1 heterocycles. The van der Waals surface area contributed by atoms with Gasteiger partial charge in [-0.3, -0.25) is 0 Å². The van der Waals surface area contributed by atoms with Crippen LogP contribution in [0.25, 0.3) is 0 Å². The number of terminal acetylenes is 1. The van der Waals surface area contributed by atoms with Crippen molar-refractivity contribution in [2.45, 2.75) is 31.7 Å². The van der Waals surface area contributed by atoms with Crippen LogP contribution in [0.5, 0.6) is 0 Å². The number of amides is 2. The molecule has 1 saturated heterocycles. The van der Waals surface area contributed by atoms with Gasteiger partial charge in [-0.25, -0.2) is 9.59 Å². The van der Waals surface area contributed by atoms with Gasteiger partial charge in [-0.15, -0.1) is 18.2 Å². The monoisotopic (exact) mass is 284 g/mol. The third-order valence-corrected chi connectivity index (χ3v) is 3.87. The minimum Gasteiger partial charge on any atom is -0.480 e. The normalized spacial score (nSPS) is 19.3. The molecule has 19 heavy (non-hydrogen) atoms. The molecule has 1 fully saturated rings. The molecule has 1 atom stereocenters. The summed E-state index contributed by atoms with van der Waals surface area (Å²) in [5.74, 6) is 2.95. The molecule has 0 aliphatic carbocycles. The number of urea groups is 1. The van der Waals surface area contributed by atoms with Crippen LogP contribution in [0.15, 0.2) is 0 Å². The van der Waals surface area contributed by atoms with Crippen molar-refractivity contribution in [3.8, 4) is 12.3 Å². The molecule has 0 spiro atoms. The number of hydrogen-bond acceptors (Lipinski definition) is 3. The number of thioether (sulfide) groups is 1. The van der Waals surface area contributed by atoms with E-state index in [1.165, 1.54) is 4.90 Å². The number of nitrogens with zero attached hydrogens (tertiary/aromatic N) is 1. The van der Waals surface area contributed by atoms with Crippen molar-refractivity contribution >= 4 is 23.8 Å². The first kappa shape index (κ1) is 15.7. The maximum absolute atomic E-state index is 12.0. The van der Waals surface area contributed by atoms with E-state index in [-0.39, 0.29) is 6.03 Å². The molecule has 1 unspecified atom stereocenters. The van der Waals surface area contributed by atoms with Crippen molar-refractivity contribution in [2.24, 2.45) is 0 Å². The number of likely N-dealkylation sites (tertiary alicyclic amines) is 1. The molecule has 5 nitrogen and oxygen atoms in total. The summed E-state index contributed by atoms with van der Waals surface area (Å²) < 4.78 is 0.